The summed E-state index contributed by atoms with van der Waals surface area (Å²) in [7, 11) is 0. The van der Waals surface area contributed by atoms with Gasteiger partial charge in [0.25, 0.3) is 0 Å². The number of hydrogen-bond acceptors (Lipinski definition) is 2. The van der Waals surface area contributed by atoms with Crippen molar-refractivity contribution in [3.05, 3.63) is 0 Å². The summed E-state index contributed by atoms with van der Waals surface area (Å²) in [6, 6.07) is 0. The lowest BCUT2D eigenvalue weighted by atomic mass is 9.88. The van der Waals surface area contributed by atoms with Gasteiger partial charge in [0.1, 0.15) is 5.54 Å². The van der Waals surface area contributed by atoms with Gasteiger partial charge in [-0.15, -0.1) is 0 Å². The molecule has 1 aliphatic rings. The average Bonchev–Trinajstić information content (AvgIpc) is 2.47. The van der Waals surface area contributed by atoms with E-state index in [1.165, 1.54) is 12.8 Å². The molecule has 3 heteroatoms. The van der Waals surface area contributed by atoms with Gasteiger partial charge in [0.15, 0.2) is 0 Å². The number of aliphatic carboxylic acids is 1. The molecule has 0 amide bonds. The molecule has 1 fully saturated rings. The van der Waals surface area contributed by atoms with Crippen LogP contribution in [0.25, 0.3) is 0 Å². The van der Waals surface area contributed by atoms with Gasteiger partial charge in [-0.3, -0.25) is 9.69 Å². The Bertz CT molecular complexity index is 230. The van der Waals surface area contributed by atoms with Gasteiger partial charge >= 0.3 is 5.97 Å². The molecule has 0 aliphatic carbocycles. The summed E-state index contributed by atoms with van der Waals surface area (Å²) in [5.41, 5.74) is -0.631. The fourth-order valence-corrected chi connectivity index (χ4v) is 2.42. The summed E-state index contributed by atoms with van der Waals surface area (Å²) in [6.45, 7) is 7.96. The highest BCUT2D eigenvalue weighted by atomic mass is 16.4. The Balaban J connectivity index is 2.60. The number of carboxylic acid groups (broad SMARTS) is 1. The molecule has 15 heavy (non-hydrogen) atoms. The maximum Gasteiger partial charge on any atom is 0.324 e. The van der Waals surface area contributed by atoms with E-state index in [-0.39, 0.29) is 5.92 Å². The summed E-state index contributed by atoms with van der Waals surface area (Å²) in [6.07, 6.45) is 4.51. The predicted octanol–water partition coefficient (Wildman–Crippen LogP) is 2.36. The monoisotopic (exact) mass is 213 g/mol. The molecule has 1 heterocycles. The van der Waals surface area contributed by atoms with Crippen LogP contribution in [0.3, 0.4) is 0 Å². The second-order valence-electron chi connectivity index (χ2n) is 4.84. The van der Waals surface area contributed by atoms with Crippen LogP contribution in [0.4, 0.5) is 0 Å². The fourth-order valence-electron chi connectivity index (χ4n) is 2.42. The van der Waals surface area contributed by atoms with E-state index in [0.717, 1.165) is 25.9 Å². The van der Waals surface area contributed by atoms with E-state index in [4.69, 9.17) is 0 Å². The number of nitrogens with zero attached hydrogens (tertiary/aromatic N) is 1. The zero-order valence-electron chi connectivity index (χ0n) is 10.1. The molecule has 0 spiro atoms. The zero-order valence-corrected chi connectivity index (χ0v) is 10.1. The van der Waals surface area contributed by atoms with Gasteiger partial charge in [-0.05, 0) is 38.8 Å². The molecular formula is C12H23NO2. The average molecular weight is 213 g/mol. The van der Waals surface area contributed by atoms with Crippen LogP contribution in [-0.4, -0.2) is 34.6 Å². The van der Waals surface area contributed by atoms with Crippen molar-refractivity contribution in [2.45, 2.75) is 52.0 Å². The van der Waals surface area contributed by atoms with E-state index in [1.54, 1.807) is 0 Å². The molecule has 1 rings (SSSR count). The normalized spacial score (nSPS) is 32.1. The summed E-state index contributed by atoms with van der Waals surface area (Å²) >= 11 is 0. The number of carboxylic acids is 1. The molecule has 0 radical (unpaired) electrons. The highest BCUT2D eigenvalue weighted by Crippen LogP contribution is 2.34. The molecule has 0 aromatic carbocycles. The molecular weight excluding hydrogens is 190 g/mol. The predicted molar refractivity (Wildman–Crippen MR) is 60.9 cm³/mol. The lowest BCUT2D eigenvalue weighted by Crippen LogP contribution is -2.51. The molecule has 1 aliphatic heterocycles. The maximum absolute atomic E-state index is 11.3. The van der Waals surface area contributed by atoms with Crippen molar-refractivity contribution < 1.29 is 9.90 Å². The fraction of sp³-hybridized carbons (Fsp3) is 0.917. The third-order valence-corrected chi connectivity index (χ3v) is 3.91. The lowest BCUT2D eigenvalue weighted by molar-refractivity contribution is -0.150. The summed E-state index contributed by atoms with van der Waals surface area (Å²) < 4.78 is 0. The van der Waals surface area contributed by atoms with Crippen LogP contribution in [0.1, 0.15) is 46.5 Å². The van der Waals surface area contributed by atoms with E-state index >= 15 is 0 Å². The highest BCUT2D eigenvalue weighted by molar-refractivity contribution is 5.79. The van der Waals surface area contributed by atoms with Gasteiger partial charge in [0, 0.05) is 0 Å². The largest absolute Gasteiger partial charge is 0.480 e. The van der Waals surface area contributed by atoms with Crippen LogP contribution in [0.15, 0.2) is 0 Å². The number of hydrogen-bond donors (Lipinski definition) is 1. The molecule has 1 N–H and O–H groups in total. The van der Waals surface area contributed by atoms with Gasteiger partial charge in [-0.2, -0.15) is 0 Å². The Morgan fingerprint density at radius 1 is 1.53 bits per heavy atom. The molecule has 0 aromatic rings. The van der Waals surface area contributed by atoms with E-state index in [0.29, 0.717) is 0 Å². The standard InChI is InChI=1S/C12H23NO2/c1-4-5-6-8-13-9-7-10(2)12(13,3)11(14)15/h10H,4-9H2,1-3H3,(H,14,15). The van der Waals surface area contributed by atoms with Gasteiger partial charge in [0.05, 0.1) is 0 Å². The second kappa shape index (κ2) is 4.97. The summed E-state index contributed by atoms with van der Waals surface area (Å²) in [5.74, 6) is -0.402. The summed E-state index contributed by atoms with van der Waals surface area (Å²) in [5, 5.41) is 9.33. The first-order valence-corrected chi connectivity index (χ1v) is 6.02. The topological polar surface area (TPSA) is 40.5 Å². The number of unbranched alkanes of at least 4 members (excludes halogenated alkanes) is 2. The minimum Gasteiger partial charge on any atom is -0.480 e. The zero-order chi connectivity index (χ0) is 11.5. The highest BCUT2D eigenvalue weighted by Gasteiger charge is 2.48. The van der Waals surface area contributed by atoms with Gasteiger partial charge < -0.3 is 5.11 Å². The van der Waals surface area contributed by atoms with Crippen LogP contribution in [0.2, 0.25) is 0 Å². The van der Waals surface area contributed by atoms with Crippen LogP contribution in [0, 0.1) is 5.92 Å². The van der Waals surface area contributed by atoms with Crippen LogP contribution in [-0.2, 0) is 4.79 Å². The van der Waals surface area contributed by atoms with Gasteiger partial charge in [-0.25, -0.2) is 0 Å². The Morgan fingerprint density at radius 3 is 2.73 bits per heavy atom. The van der Waals surface area contributed by atoms with Crippen LogP contribution < -0.4 is 0 Å². The molecule has 0 saturated carbocycles. The first-order valence-electron chi connectivity index (χ1n) is 6.02. The SMILES string of the molecule is CCCCCN1CCC(C)C1(C)C(=O)O. The van der Waals surface area contributed by atoms with Gasteiger partial charge in [-0.1, -0.05) is 26.7 Å². The lowest BCUT2D eigenvalue weighted by Gasteiger charge is -2.34. The van der Waals surface area contributed by atoms with Crippen LogP contribution in [0.5, 0.6) is 0 Å². The van der Waals surface area contributed by atoms with Crippen molar-refractivity contribution >= 4 is 5.97 Å². The number of carbonyl (C=O) groups is 1. The number of rotatable bonds is 5. The third kappa shape index (κ3) is 2.33. The Kier molecular flexibility index (Phi) is 4.14. The minimum atomic E-state index is -0.663. The molecule has 2 unspecified atom stereocenters. The number of likely N-dealkylation sites (tertiary alicyclic amines) is 1. The van der Waals surface area contributed by atoms with E-state index < -0.39 is 11.5 Å². The second-order valence-corrected chi connectivity index (χ2v) is 4.84. The quantitative estimate of drug-likeness (QED) is 0.713. The van der Waals surface area contributed by atoms with E-state index in [1.807, 2.05) is 13.8 Å². The first kappa shape index (κ1) is 12.5. The Labute approximate surface area is 92.5 Å². The van der Waals surface area contributed by atoms with Crippen molar-refractivity contribution in [3.63, 3.8) is 0 Å². The maximum atomic E-state index is 11.3. The first-order chi connectivity index (χ1) is 7.03. The molecule has 1 saturated heterocycles. The molecule has 0 aromatic heterocycles. The van der Waals surface area contributed by atoms with Crippen molar-refractivity contribution in [2.24, 2.45) is 5.92 Å². The molecule has 88 valence electrons. The Hall–Kier alpha value is -0.570. The van der Waals surface area contributed by atoms with Crippen LogP contribution >= 0.6 is 0 Å². The van der Waals surface area contributed by atoms with Gasteiger partial charge in [0.2, 0.25) is 0 Å². The van der Waals surface area contributed by atoms with E-state index in [2.05, 4.69) is 11.8 Å². The van der Waals surface area contributed by atoms with Crippen molar-refractivity contribution in [2.75, 3.05) is 13.1 Å². The summed E-state index contributed by atoms with van der Waals surface area (Å²) in [4.78, 5) is 13.5. The van der Waals surface area contributed by atoms with Crippen molar-refractivity contribution in [1.29, 1.82) is 0 Å². The minimum absolute atomic E-state index is 0.261. The molecule has 2 atom stereocenters. The molecule has 0 bridgehead atoms. The smallest absolute Gasteiger partial charge is 0.324 e. The van der Waals surface area contributed by atoms with Crippen molar-refractivity contribution in [1.82, 2.24) is 4.90 Å². The third-order valence-electron chi connectivity index (χ3n) is 3.91. The van der Waals surface area contributed by atoms with E-state index in [9.17, 15) is 9.90 Å². The Morgan fingerprint density at radius 2 is 2.20 bits per heavy atom. The van der Waals surface area contributed by atoms with Crippen molar-refractivity contribution in [3.8, 4) is 0 Å². The molecule has 3 nitrogen and oxygen atoms in total.